The van der Waals surface area contributed by atoms with Crippen LogP contribution >= 0.6 is 23.8 Å². The number of hydrogen-bond donors (Lipinski definition) is 3. The van der Waals surface area contributed by atoms with E-state index in [-0.39, 0.29) is 10.8 Å². The fourth-order valence-electron chi connectivity index (χ4n) is 2.23. The van der Waals surface area contributed by atoms with Crippen LogP contribution < -0.4 is 16.0 Å². The second-order valence-corrected chi connectivity index (χ2v) is 6.40. The van der Waals surface area contributed by atoms with Gasteiger partial charge in [0.15, 0.2) is 16.1 Å². The standard InChI is InChI=1S/C18H13ClF3N5S/c19-15-8-9-16(27-26-15)23-12-4-6-13(7-5-12)24-17(28)25-14-3-1-2-11(10-14)18(20,21)22/h1-10H,(H,23,27)(H2,24,25,28). The third-order valence-corrected chi connectivity index (χ3v) is 3.90. The maximum Gasteiger partial charge on any atom is 0.416 e. The molecule has 0 spiro atoms. The summed E-state index contributed by atoms with van der Waals surface area (Å²) >= 11 is 10.8. The third kappa shape index (κ3) is 5.54. The lowest BCUT2D eigenvalue weighted by Gasteiger charge is -2.13. The van der Waals surface area contributed by atoms with E-state index in [9.17, 15) is 13.2 Å². The second kappa shape index (κ2) is 8.41. The molecule has 0 fully saturated rings. The van der Waals surface area contributed by atoms with Gasteiger partial charge in [0.2, 0.25) is 0 Å². The fraction of sp³-hybridized carbons (Fsp3) is 0.0556. The fourth-order valence-corrected chi connectivity index (χ4v) is 2.57. The van der Waals surface area contributed by atoms with E-state index in [1.54, 1.807) is 36.4 Å². The Morgan fingerprint density at radius 3 is 2.18 bits per heavy atom. The molecule has 5 nitrogen and oxygen atoms in total. The molecule has 2 aromatic carbocycles. The largest absolute Gasteiger partial charge is 0.416 e. The van der Waals surface area contributed by atoms with Crippen LogP contribution in [-0.2, 0) is 6.18 Å². The maximum atomic E-state index is 12.8. The van der Waals surface area contributed by atoms with Crippen LogP contribution in [0.15, 0.2) is 60.7 Å². The van der Waals surface area contributed by atoms with E-state index in [1.807, 2.05) is 0 Å². The average molecular weight is 424 g/mol. The lowest BCUT2D eigenvalue weighted by atomic mass is 10.2. The Hall–Kier alpha value is -2.91. The Morgan fingerprint density at radius 1 is 0.857 bits per heavy atom. The van der Waals surface area contributed by atoms with Crippen LogP contribution in [0.5, 0.6) is 0 Å². The molecule has 144 valence electrons. The van der Waals surface area contributed by atoms with Crippen molar-refractivity contribution in [2.24, 2.45) is 0 Å². The highest BCUT2D eigenvalue weighted by Gasteiger charge is 2.30. The molecule has 0 aliphatic rings. The van der Waals surface area contributed by atoms with Crippen molar-refractivity contribution < 1.29 is 13.2 Å². The van der Waals surface area contributed by atoms with Crippen molar-refractivity contribution in [1.82, 2.24) is 10.2 Å². The number of alkyl halides is 3. The number of hydrogen-bond acceptors (Lipinski definition) is 4. The van der Waals surface area contributed by atoms with Gasteiger partial charge in [-0.3, -0.25) is 0 Å². The van der Waals surface area contributed by atoms with Crippen molar-refractivity contribution in [2.75, 3.05) is 16.0 Å². The van der Waals surface area contributed by atoms with Gasteiger partial charge >= 0.3 is 6.18 Å². The van der Waals surface area contributed by atoms with Crippen molar-refractivity contribution in [1.29, 1.82) is 0 Å². The average Bonchev–Trinajstić information content (AvgIpc) is 2.65. The molecule has 1 heterocycles. The highest BCUT2D eigenvalue weighted by atomic mass is 35.5. The number of halogens is 4. The molecule has 0 atom stereocenters. The number of nitrogens with one attached hydrogen (secondary N) is 3. The number of benzene rings is 2. The summed E-state index contributed by atoms with van der Waals surface area (Å²) in [7, 11) is 0. The van der Waals surface area contributed by atoms with Crippen LogP contribution in [-0.4, -0.2) is 15.3 Å². The second-order valence-electron chi connectivity index (χ2n) is 5.60. The van der Waals surface area contributed by atoms with E-state index in [0.717, 1.165) is 17.8 Å². The van der Waals surface area contributed by atoms with Gasteiger partial charge in [-0.15, -0.1) is 10.2 Å². The zero-order chi connectivity index (χ0) is 20.1. The minimum atomic E-state index is -4.41. The van der Waals surface area contributed by atoms with Gasteiger partial charge in [0.1, 0.15) is 0 Å². The van der Waals surface area contributed by atoms with E-state index >= 15 is 0 Å². The smallest absolute Gasteiger partial charge is 0.339 e. The van der Waals surface area contributed by atoms with Crippen LogP contribution in [0.1, 0.15) is 5.56 Å². The molecule has 0 amide bonds. The van der Waals surface area contributed by atoms with Gasteiger partial charge in [0.25, 0.3) is 0 Å². The van der Waals surface area contributed by atoms with Gasteiger partial charge < -0.3 is 16.0 Å². The van der Waals surface area contributed by atoms with Crippen molar-refractivity contribution >= 4 is 51.8 Å². The number of anilines is 4. The third-order valence-electron chi connectivity index (χ3n) is 3.49. The Kier molecular flexibility index (Phi) is 5.96. The van der Waals surface area contributed by atoms with Gasteiger partial charge in [-0.2, -0.15) is 13.2 Å². The van der Waals surface area contributed by atoms with E-state index in [0.29, 0.717) is 16.7 Å². The summed E-state index contributed by atoms with van der Waals surface area (Å²) in [6.45, 7) is 0. The molecular weight excluding hydrogens is 411 g/mol. The van der Waals surface area contributed by atoms with Crippen LogP contribution in [0, 0.1) is 0 Å². The van der Waals surface area contributed by atoms with Gasteiger partial charge in [-0.05, 0) is 66.8 Å². The molecular formula is C18H13ClF3N5S. The van der Waals surface area contributed by atoms with Gasteiger partial charge in [-0.25, -0.2) is 0 Å². The van der Waals surface area contributed by atoms with E-state index in [2.05, 4.69) is 26.1 Å². The molecule has 0 aliphatic heterocycles. The predicted octanol–water partition coefficient (Wildman–Crippen LogP) is 5.70. The van der Waals surface area contributed by atoms with Crippen molar-refractivity contribution in [3.8, 4) is 0 Å². The van der Waals surface area contributed by atoms with Gasteiger partial charge in [0, 0.05) is 17.1 Å². The zero-order valence-corrected chi connectivity index (χ0v) is 15.7. The molecule has 0 bridgehead atoms. The molecule has 3 rings (SSSR count). The molecule has 28 heavy (non-hydrogen) atoms. The summed E-state index contributed by atoms with van der Waals surface area (Å²) in [4.78, 5) is 0. The lowest BCUT2D eigenvalue weighted by Crippen LogP contribution is -2.19. The van der Waals surface area contributed by atoms with Crippen LogP contribution in [0.25, 0.3) is 0 Å². The highest BCUT2D eigenvalue weighted by Crippen LogP contribution is 2.30. The first kappa shape index (κ1) is 19.8. The SMILES string of the molecule is FC(F)(F)c1cccc(NC(=S)Nc2ccc(Nc3ccc(Cl)nn3)cc2)c1. The summed E-state index contributed by atoms with van der Waals surface area (Å²) in [5.74, 6) is 0.534. The zero-order valence-electron chi connectivity index (χ0n) is 14.1. The summed E-state index contributed by atoms with van der Waals surface area (Å²) in [6, 6.07) is 15.2. The molecule has 3 N–H and O–H groups in total. The minimum absolute atomic E-state index is 0.170. The minimum Gasteiger partial charge on any atom is -0.339 e. The van der Waals surface area contributed by atoms with Crippen molar-refractivity contribution in [3.63, 3.8) is 0 Å². The summed E-state index contributed by atoms with van der Waals surface area (Å²) in [5, 5.41) is 16.8. The van der Waals surface area contributed by atoms with Crippen LogP contribution in [0.4, 0.5) is 36.1 Å². The summed E-state index contributed by atoms with van der Waals surface area (Å²) < 4.78 is 38.3. The highest BCUT2D eigenvalue weighted by molar-refractivity contribution is 7.80. The van der Waals surface area contributed by atoms with E-state index in [4.69, 9.17) is 23.8 Å². The molecule has 10 heteroatoms. The number of nitrogens with zero attached hydrogens (tertiary/aromatic N) is 2. The number of rotatable bonds is 4. The van der Waals surface area contributed by atoms with E-state index in [1.165, 1.54) is 12.1 Å². The van der Waals surface area contributed by atoms with Crippen LogP contribution in [0.3, 0.4) is 0 Å². The number of thiocarbonyl (C=S) groups is 1. The van der Waals surface area contributed by atoms with Crippen LogP contribution in [0.2, 0.25) is 5.15 Å². The predicted molar refractivity (Wildman–Crippen MR) is 108 cm³/mol. The Labute approximate surface area is 168 Å². The topological polar surface area (TPSA) is 61.9 Å². The van der Waals surface area contributed by atoms with Crippen molar-refractivity contribution in [3.05, 3.63) is 71.4 Å². The molecule has 0 radical (unpaired) electrons. The first-order valence-electron chi connectivity index (χ1n) is 7.91. The molecule has 3 aromatic rings. The molecule has 1 aromatic heterocycles. The molecule has 0 saturated heterocycles. The summed E-state index contributed by atoms with van der Waals surface area (Å²) in [5.41, 5.74) is 0.920. The first-order valence-corrected chi connectivity index (χ1v) is 8.70. The maximum absolute atomic E-state index is 12.8. The van der Waals surface area contributed by atoms with Crippen molar-refractivity contribution in [2.45, 2.75) is 6.18 Å². The Bertz CT molecular complexity index is 962. The quantitative estimate of drug-likeness (QED) is 0.468. The lowest BCUT2D eigenvalue weighted by molar-refractivity contribution is -0.137. The summed E-state index contributed by atoms with van der Waals surface area (Å²) in [6.07, 6.45) is -4.41. The monoisotopic (exact) mass is 423 g/mol. The van der Waals surface area contributed by atoms with Gasteiger partial charge in [-0.1, -0.05) is 17.7 Å². The van der Waals surface area contributed by atoms with Gasteiger partial charge in [0.05, 0.1) is 5.56 Å². The number of aromatic nitrogens is 2. The Morgan fingerprint density at radius 2 is 1.54 bits per heavy atom. The molecule has 0 aliphatic carbocycles. The molecule has 0 saturated carbocycles. The van der Waals surface area contributed by atoms with E-state index < -0.39 is 11.7 Å². The Balaban J connectivity index is 1.59. The molecule has 0 unspecified atom stereocenters. The first-order chi connectivity index (χ1) is 13.3. The normalized spacial score (nSPS) is 11.0.